The molecule has 7 heteroatoms. The molecule has 1 aliphatic rings. The lowest BCUT2D eigenvalue weighted by atomic mass is 9.90. The Kier molecular flexibility index (Phi) is 5.46. The Morgan fingerprint density at radius 2 is 2.04 bits per heavy atom. The van der Waals surface area contributed by atoms with Crippen LogP contribution in [0.2, 0.25) is 0 Å². The van der Waals surface area contributed by atoms with Gasteiger partial charge in [0.2, 0.25) is 0 Å². The van der Waals surface area contributed by atoms with E-state index in [0.29, 0.717) is 35.3 Å². The highest BCUT2D eigenvalue weighted by molar-refractivity contribution is 9.10. The van der Waals surface area contributed by atoms with Crippen molar-refractivity contribution in [3.63, 3.8) is 0 Å². The molecule has 136 valence electrons. The van der Waals surface area contributed by atoms with Crippen molar-refractivity contribution in [1.82, 2.24) is 15.1 Å². The number of H-pyrrole nitrogens is 1. The lowest BCUT2D eigenvalue weighted by Gasteiger charge is -2.16. The van der Waals surface area contributed by atoms with Gasteiger partial charge in [0.05, 0.1) is 5.69 Å². The van der Waals surface area contributed by atoms with Crippen molar-refractivity contribution in [2.24, 2.45) is 17.4 Å². The normalized spacial score (nSPS) is 20.8. The van der Waals surface area contributed by atoms with Crippen LogP contribution < -0.4 is 11.5 Å². The van der Waals surface area contributed by atoms with Crippen LogP contribution >= 0.6 is 15.9 Å². The van der Waals surface area contributed by atoms with E-state index in [-0.39, 0.29) is 5.91 Å². The number of likely N-dealkylation sites (tertiary alicyclic amines) is 1. The first-order valence-corrected chi connectivity index (χ1v) is 9.23. The molecular formula is C19H22BrN5O. The third kappa shape index (κ3) is 3.67. The maximum Gasteiger partial charge on any atom is 0.271 e. The number of hydrogen-bond acceptors (Lipinski definition) is 4. The van der Waals surface area contributed by atoms with Gasteiger partial charge in [0.25, 0.3) is 5.91 Å². The number of benzene rings is 1. The van der Waals surface area contributed by atoms with Crippen molar-refractivity contribution in [2.45, 2.75) is 12.8 Å². The van der Waals surface area contributed by atoms with Crippen LogP contribution in [0, 0.1) is 5.92 Å². The van der Waals surface area contributed by atoms with E-state index in [1.54, 1.807) is 12.1 Å². The van der Waals surface area contributed by atoms with Crippen molar-refractivity contribution in [2.75, 3.05) is 13.1 Å². The van der Waals surface area contributed by atoms with Crippen LogP contribution in [0.1, 0.15) is 34.6 Å². The van der Waals surface area contributed by atoms with Crippen molar-refractivity contribution in [3.05, 3.63) is 70.2 Å². The zero-order valence-corrected chi connectivity index (χ0v) is 16.1. The minimum absolute atomic E-state index is 0.0525. The highest BCUT2D eigenvalue weighted by Gasteiger charge is 2.34. The van der Waals surface area contributed by atoms with Gasteiger partial charge in [0, 0.05) is 35.3 Å². The van der Waals surface area contributed by atoms with Crippen molar-refractivity contribution < 1.29 is 4.79 Å². The summed E-state index contributed by atoms with van der Waals surface area (Å²) in [5.41, 5.74) is 14.0. The van der Waals surface area contributed by atoms with E-state index < -0.39 is 0 Å². The molecule has 1 fully saturated rings. The lowest BCUT2D eigenvalue weighted by Crippen LogP contribution is -2.29. The van der Waals surface area contributed by atoms with Crippen LogP contribution in [0.3, 0.4) is 0 Å². The van der Waals surface area contributed by atoms with Crippen LogP contribution in [0.25, 0.3) is 5.57 Å². The first kappa shape index (κ1) is 18.3. The molecule has 1 unspecified atom stereocenters. The van der Waals surface area contributed by atoms with Gasteiger partial charge in [-0.25, -0.2) is 0 Å². The second-order valence-corrected chi connectivity index (χ2v) is 7.41. The van der Waals surface area contributed by atoms with Gasteiger partial charge in [-0.05, 0) is 42.0 Å². The number of carbonyl (C=O) groups is 1. The Morgan fingerprint density at radius 3 is 2.69 bits per heavy atom. The Balaban J connectivity index is 1.75. The van der Waals surface area contributed by atoms with Crippen LogP contribution in [0.4, 0.5) is 0 Å². The molecule has 0 radical (unpaired) electrons. The van der Waals surface area contributed by atoms with Gasteiger partial charge in [-0.3, -0.25) is 9.89 Å². The average Bonchev–Trinajstić information content (AvgIpc) is 3.27. The third-order valence-corrected chi connectivity index (χ3v) is 5.29. The van der Waals surface area contributed by atoms with Gasteiger partial charge in [-0.2, -0.15) is 5.10 Å². The van der Waals surface area contributed by atoms with E-state index >= 15 is 0 Å². The Bertz CT molecular complexity index is 840. The average molecular weight is 416 g/mol. The smallest absolute Gasteiger partial charge is 0.271 e. The molecule has 0 bridgehead atoms. The molecule has 5 N–H and O–H groups in total. The molecule has 1 aromatic heterocycles. The van der Waals surface area contributed by atoms with Gasteiger partial charge >= 0.3 is 0 Å². The third-order valence-electron chi connectivity index (χ3n) is 4.76. The second-order valence-electron chi connectivity index (χ2n) is 6.49. The van der Waals surface area contributed by atoms with Crippen LogP contribution in [-0.4, -0.2) is 34.1 Å². The van der Waals surface area contributed by atoms with E-state index in [4.69, 9.17) is 11.5 Å². The van der Waals surface area contributed by atoms with Gasteiger partial charge in [0.15, 0.2) is 0 Å². The zero-order valence-electron chi connectivity index (χ0n) is 14.5. The van der Waals surface area contributed by atoms with Gasteiger partial charge in [-0.1, -0.05) is 35.0 Å². The SMILES string of the molecule is CC1CN(C(=O)c2cc(C(/C=C\N)=C/N)n[nH]2)C[C@H]1c1ccc(Br)cc1. The molecule has 2 heterocycles. The molecule has 26 heavy (non-hydrogen) atoms. The molecule has 2 atom stereocenters. The fraction of sp³-hybridized carbons (Fsp3) is 0.263. The quantitative estimate of drug-likeness (QED) is 0.668. The van der Waals surface area contributed by atoms with E-state index in [1.165, 1.54) is 18.0 Å². The van der Waals surface area contributed by atoms with Crippen LogP contribution in [-0.2, 0) is 0 Å². The monoisotopic (exact) mass is 415 g/mol. The molecule has 1 aliphatic heterocycles. The number of aromatic nitrogens is 2. The number of rotatable bonds is 4. The van der Waals surface area contributed by atoms with E-state index in [1.807, 2.05) is 17.0 Å². The number of nitrogens with two attached hydrogens (primary N) is 2. The minimum atomic E-state index is -0.0525. The number of allylic oxidation sites excluding steroid dienone is 2. The largest absolute Gasteiger partial charge is 0.405 e. The summed E-state index contributed by atoms with van der Waals surface area (Å²) in [6.07, 6.45) is 4.45. The maximum absolute atomic E-state index is 12.9. The lowest BCUT2D eigenvalue weighted by molar-refractivity contribution is 0.0781. The standard InChI is InChI=1S/C19H22BrN5O/c1-12-10-25(11-16(12)13-2-4-15(20)5-3-13)19(26)18-8-17(23-24-18)14(9-22)6-7-21/h2-9,12,16H,10-11,21-22H2,1H3,(H,23,24)/b7-6-,14-9+/t12?,16-/m1/s1. The molecule has 0 saturated carbocycles. The predicted molar refractivity (Wildman–Crippen MR) is 106 cm³/mol. The highest BCUT2D eigenvalue weighted by Crippen LogP contribution is 2.33. The van der Waals surface area contributed by atoms with E-state index in [9.17, 15) is 4.79 Å². The summed E-state index contributed by atoms with van der Waals surface area (Å²) in [5.74, 6) is 0.666. The predicted octanol–water partition coefficient (Wildman–Crippen LogP) is 2.82. The van der Waals surface area contributed by atoms with Crippen molar-refractivity contribution >= 4 is 27.4 Å². The number of carbonyl (C=O) groups excluding carboxylic acids is 1. The summed E-state index contributed by atoms with van der Waals surface area (Å²) in [7, 11) is 0. The zero-order chi connectivity index (χ0) is 18.7. The molecule has 0 spiro atoms. The second kappa shape index (κ2) is 7.78. The van der Waals surface area contributed by atoms with Crippen molar-refractivity contribution in [1.29, 1.82) is 0 Å². The fourth-order valence-corrected chi connectivity index (χ4v) is 3.62. The summed E-state index contributed by atoms with van der Waals surface area (Å²) in [4.78, 5) is 14.7. The summed E-state index contributed by atoms with van der Waals surface area (Å²) < 4.78 is 1.06. The molecule has 2 aromatic rings. The molecular weight excluding hydrogens is 394 g/mol. The number of aromatic amines is 1. The molecule has 1 amide bonds. The van der Waals surface area contributed by atoms with Gasteiger partial charge in [0.1, 0.15) is 5.69 Å². The minimum Gasteiger partial charge on any atom is -0.405 e. The van der Waals surface area contributed by atoms with Crippen LogP contribution in [0.5, 0.6) is 0 Å². The summed E-state index contributed by atoms with van der Waals surface area (Å²) >= 11 is 3.46. The summed E-state index contributed by atoms with van der Waals surface area (Å²) in [6, 6.07) is 10.0. The Hall–Kier alpha value is -2.54. The first-order valence-electron chi connectivity index (χ1n) is 8.44. The van der Waals surface area contributed by atoms with E-state index in [2.05, 4.69) is 45.2 Å². The van der Waals surface area contributed by atoms with Gasteiger partial charge in [-0.15, -0.1) is 0 Å². The van der Waals surface area contributed by atoms with Crippen molar-refractivity contribution in [3.8, 4) is 0 Å². The molecule has 3 rings (SSSR count). The number of amides is 1. The Morgan fingerprint density at radius 1 is 1.31 bits per heavy atom. The highest BCUT2D eigenvalue weighted by atomic mass is 79.9. The maximum atomic E-state index is 12.9. The molecule has 1 saturated heterocycles. The molecule has 6 nitrogen and oxygen atoms in total. The van der Waals surface area contributed by atoms with E-state index in [0.717, 1.165) is 11.0 Å². The Labute approximate surface area is 161 Å². The topological polar surface area (TPSA) is 101 Å². The number of hydrogen-bond donors (Lipinski definition) is 3. The summed E-state index contributed by atoms with van der Waals surface area (Å²) in [5, 5.41) is 6.99. The fourth-order valence-electron chi connectivity index (χ4n) is 3.36. The molecule has 0 aliphatic carbocycles. The van der Waals surface area contributed by atoms with Crippen LogP contribution in [0.15, 0.2) is 53.3 Å². The summed E-state index contributed by atoms with van der Waals surface area (Å²) in [6.45, 7) is 3.59. The van der Waals surface area contributed by atoms with Gasteiger partial charge < -0.3 is 16.4 Å². The molecule has 1 aromatic carbocycles. The number of nitrogens with zero attached hydrogens (tertiary/aromatic N) is 2. The number of halogens is 1. The first-order chi connectivity index (χ1) is 12.5. The number of nitrogens with one attached hydrogen (secondary N) is 1.